The Morgan fingerprint density at radius 2 is 2.12 bits per heavy atom. The Labute approximate surface area is 103 Å². The van der Waals surface area contributed by atoms with E-state index in [0.29, 0.717) is 19.2 Å². The topological polar surface area (TPSA) is 44.8 Å². The fraction of sp³-hybridized carbons (Fsp3) is 0.917. The highest BCUT2D eigenvalue weighted by atomic mass is 16.5. The van der Waals surface area contributed by atoms with Crippen LogP contribution in [0.3, 0.4) is 0 Å². The zero-order valence-corrected chi connectivity index (χ0v) is 10.7. The highest BCUT2D eigenvalue weighted by Gasteiger charge is 2.31. The van der Waals surface area contributed by atoms with Crippen LogP contribution in [0.25, 0.3) is 0 Å². The van der Waals surface area contributed by atoms with E-state index in [4.69, 9.17) is 4.74 Å². The molecule has 1 amide bonds. The van der Waals surface area contributed by atoms with Gasteiger partial charge in [-0.25, -0.2) is 0 Å². The molecule has 2 aliphatic rings. The van der Waals surface area contributed by atoms with Gasteiger partial charge in [0.05, 0.1) is 13.2 Å². The number of hydrogen-bond acceptors (Lipinski definition) is 4. The third-order valence-corrected chi connectivity index (χ3v) is 3.45. The molecular weight excluding hydrogens is 218 g/mol. The van der Waals surface area contributed by atoms with Crippen LogP contribution in [0.2, 0.25) is 0 Å². The van der Waals surface area contributed by atoms with Crippen molar-refractivity contribution in [2.75, 3.05) is 53.0 Å². The van der Waals surface area contributed by atoms with E-state index in [1.807, 2.05) is 4.90 Å². The van der Waals surface area contributed by atoms with Crippen LogP contribution in [0.5, 0.6) is 0 Å². The van der Waals surface area contributed by atoms with Crippen LogP contribution in [-0.4, -0.2) is 74.7 Å². The molecule has 0 bridgehead atoms. The average molecular weight is 241 g/mol. The molecule has 1 aliphatic carbocycles. The van der Waals surface area contributed by atoms with Crippen molar-refractivity contribution in [2.45, 2.75) is 18.9 Å². The lowest BCUT2D eigenvalue weighted by molar-refractivity contribution is -0.133. The fourth-order valence-electron chi connectivity index (χ4n) is 2.23. The lowest BCUT2D eigenvalue weighted by atomic mass is 10.3. The van der Waals surface area contributed by atoms with Gasteiger partial charge >= 0.3 is 0 Å². The van der Waals surface area contributed by atoms with Crippen molar-refractivity contribution >= 4 is 5.91 Å². The highest BCUT2D eigenvalue weighted by Crippen LogP contribution is 2.26. The zero-order valence-electron chi connectivity index (χ0n) is 10.7. The molecule has 5 nitrogen and oxygen atoms in total. The first kappa shape index (κ1) is 12.8. The summed E-state index contributed by atoms with van der Waals surface area (Å²) in [4.78, 5) is 16.4. The van der Waals surface area contributed by atoms with Crippen LogP contribution in [-0.2, 0) is 9.53 Å². The fourth-order valence-corrected chi connectivity index (χ4v) is 2.23. The molecule has 98 valence electrons. The smallest absolute Gasteiger partial charge is 0.236 e. The third-order valence-electron chi connectivity index (χ3n) is 3.45. The van der Waals surface area contributed by atoms with E-state index in [1.54, 1.807) is 7.11 Å². The number of amides is 1. The minimum atomic E-state index is 0.273. The second kappa shape index (κ2) is 6.33. The Kier molecular flexibility index (Phi) is 4.76. The summed E-state index contributed by atoms with van der Waals surface area (Å²) in [6.07, 6.45) is 2.47. The van der Waals surface area contributed by atoms with Gasteiger partial charge in [-0.2, -0.15) is 0 Å². The van der Waals surface area contributed by atoms with Crippen molar-refractivity contribution < 1.29 is 9.53 Å². The van der Waals surface area contributed by atoms with E-state index < -0.39 is 0 Å². The van der Waals surface area contributed by atoms with Gasteiger partial charge < -0.3 is 15.0 Å². The molecule has 2 fully saturated rings. The molecule has 0 aromatic carbocycles. The van der Waals surface area contributed by atoms with Gasteiger partial charge in [-0.05, 0) is 12.8 Å². The van der Waals surface area contributed by atoms with Crippen molar-refractivity contribution in [3.63, 3.8) is 0 Å². The van der Waals surface area contributed by atoms with Gasteiger partial charge in [-0.1, -0.05) is 0 Å². The van der Waals surface area contributed by atoms with E-state index in [1.165, 1.54) is 12.8 Å². The number of rotatable bonds is 6. The van der Waals surface area contributed by atoms with Crippen molar-refractivity contribution in [1.29, 1.82) is 0 Å². The summed E-state index contributed by atoms with van der Waals surface area (Å²) in [5.41, 5.74) is 0. The predicted molar refractivity (Wildman–Crippen MR) is 65.9 cm³/mol. The van der Waals surface area contributed by atoms with Crippen molar-refractivity contribution in [3.05, 3.63) is 0 Å². The molecule has 0 radical (unpaired) electrons. The van der Waals surface area contributed by atoms with Gasteiger partial charge in [-0.15, -0.1) is 0 Å². The van der Waals surface area contributed by atoms with Crippen LogP contribution in [0.1, 0.15) is 12.8 Å². The standard InChI is InChI=1S/C12H23N3O2/c1-17-9-8-15(11-2-3-11)10-12(16)14-6-4-13-5-7-14/h11,13H,2-10H2,1H3. The Morgan fingerprint density at radius 3 is 2.71 bits per heavy atom. The van der Waals surface area contributed by atoms with Crippen LogP contribution < -0.4 is 5.32 Å². The number of hydrogen-bond donors (Lipinski definition) is 1. The van der Waals surface area contributed by atoms with Crippen molar-refractivity contribution in [3.8, 4) is 0 Å². The molecule has 1 saturated heterocycles. The van der Waals surface area contributed by atoms with E-state index in [9.17, 15) is 4.79 Å². The molecule has 0 aromatic heterocycles. The van der Waals surface area contributed by atoms with Gasteiger partial charge in [0.25, 0.3) is 0 Å². The van der Waals surface area contributed by atoms with Gasteiger partial charge in [0, 0.05) is 45.9 Å². The minimum Gasteiger partial charge on any atom is -0.383 e. The van der Waals surface area contributed by atoms with Crippen molar-refractivity contribution in [2.24, 2.45) is 0 Å². The monoisotopic (exact) mass is 241 g/mol. The maximum absolute atomic E-state index is 12.1. The van der Waals surface area contributed by atoms with Gasteiger partial charge in [-0.3, -0.25) is 9.69 Å². The maximum atomic E-state index is 12.1. The second-order valence-corrected chi connectivity index (χ2v) is 4.83. The van der Waals surface area contributed by atoms with Crippen LogP contribution in [0, 0.1) is 0 Å². The lowest BCUT2D eigenvalue weighted by Gasteiger charge is -2.30. The molecule has 17 heavy (non-hydrogen) atoms. The molecular formula is C12H23N3O2. The van der Waals surface area contributed by atoms with Crippen LogP contribution in [0.15, 0.2) is 0 Å². The van der Waals surface area contributed by atoms with Crippen LogP contribution in [0.4, 0.5) is 0 Å². The third kappa shape index (κ3) is 3.94. The average Bonchev–Trinajstić information content (AvgIpc) is 3.19. The van der Waals surface area contributed by atoms with E-state index in [2.05, 4.69) is 10.2 Å². The molecule has 0 aromatic rings. The Morgan fingerprint density at radius 1 is 1.41 bits per heavy atom. The summed E-state index contributed by atoms with van der Waals surface area (Å²) < 4.78 is 5.10. The largest absolute Gasteiger partial charge is 0.383 e. The van der Waals surface area contributed by atoms with Gasteiger partial charge in [0.2, 0.25) is 5.91 Å². The van der Waals surface area contributed by atoms with E-state index in [-0.39, 0.29) is 5.91 Å². The molecule has 5 heteroatoms. The quantitative estimate of drug-likeness (QED) is 0.683. The van der Waals surface area contributed by atoms with Gasteiger partial charge in [0.15, 0.2) is 0 Å². The molecule has 0 atom stereocenters. The molecule has 2 rings (SSSR count). The number of piperazine rings is 1. The minimum absolute atomic E-state index is 0.273. The van der Waals surface area contributed by atoms with Crippen molar-refractivity contribution in [1.82, 2.24) is 15.1 Å². The number of methoxy groups -OCH3 is 1. The zero-order chi connectivity index (χ0) is 12.1. The Balaban J connectivity index is 1.77. The maximum Gasteiger partial charge on any atom is 0.236 e. The first-order valence-corrected chi connectivity index (χ1v) is 6.52. The number of nitrogens with zero attached hydrogens (tertiary/aromatic N) is 2. The predicted octanol–water partition coefficient (Wildman–Crippen LogP) is -0.471. The molecule has 1 heterocycles. The first-order chi connectivity index (χ1) is 8.31. The van der Waals surface area contributed by atoms with Crippen LogP contribution >= 0.6 is 0 Å². The Bertz CT molecular complexity index is 250. The normalized spacial score (nSPS) is 20.9. The molecule has 1 N–H and O–H groups in total. The number of carbonyl (C=O) groups is 1. The summed E-state index contributed by atoms with van der Waals surface area (Å²) in [5.74, 6) is 0.273. The summed E-state index contributed by atoms with van der Waals surface area (Å²) in [5, 5.41) is 3.26. The first-order valence-electron chi connectivity index (χ1n) is 6.52. The molecule has 1 aliphatic heterocycles. The summed E-state index contributed by atoms with van der Waals surface area (Å²) in [6, 6.07) is 0.622. The van der Waals surface area contributed by atoms with E-state index in [0.717, 1.165) is 32.7 Å². The number of ether oxygens (including phenoxy) is 1. The summed E-state index contributed by atoms with van der Waals surface area (Å²) in [6.45, 7) is 5.70. The summed E-state index contributed by atoms with van der Waals surface area (Å²) >= 11 is 0. The van der Waals surface area contributed by atoms with Gasteiger partial charge in [0.1, 0.15) is 0 Å². The highest BCUT2D eigenvalue weighted by molar-refractivity contribution is 5.78. The summed E-state index contributed by atoms with van der Waals surface area (Å²) in [7, 11) is 1.71. The molecule has 0 spiro atoms. The SMILES string of the molecule is COCCN(CC(=O)N1CCNCC1)C1CC1. The molecule has 1 saturated carbocycles. The van der Waals surface area contributed by atoms with E-state index >= 15 is 0 Å². The number of carbonyl (C=O) groups excluding carboxylic acids is 1. The second-order valence-electron chi connectivity index (χ2n) is 4.83. The Hall–Kier alpha value is -0.650. The molecule has 0 unspecified atom stereocenters. The number of nitrogens with one attached hydrogen (secondary N) is 1. The lowest BCUT2D eigenvalue weighted by Crippen LogP contribution is -2.50.